The maximum Gasteiger partial charge on any atom is 0.0733 e. The van der Waals surface area contributed by atoms with Gasteiger partial charge in [-0.3, -0.25) is 4.68 Å². The summed E-state index contributed by atoms with van der Waals surface area (Å²) in [6.07, 6.45) is 5.68. The number of fused-ring (bicyclic) bond motifs is 1. The van der Waals surface area contributed by atoms with Crippen LogP contribution in [0.25, 0.3) is 0 Å². The number of hydrogen-bond donors (Lipinski definition) is 1. The van der Waals surface area contributed by atoms with Gasteiger partial charge in [0.05, 0.1) is 17.6 Å². The molecule has 58 valence electrons. The fraction of sp³-hybridized carbons (Fsp3) is 0.625. The zero-order chi connectivity index (χ0) is 7.47. The zero-order valence-electron chi connectivity index (χ0n) is 6.38. The summed E-state index contributed by atoms with van der Waals surface area (Å²) < 4.78 is 2.07. The van der Waals surface area contributed by atoms with Crippen molar-refractivity contribution in [2.45, 2.75) is 25.8 Å². The van der Waals surface area contributed by atoms with E-state index in [-0.39, 0.29) is 0 Å². The molecule has 1 spiro atoms. The summed E-state index contributed by atoms with van der Waals surface area (Å²) >= 11 is 0. The van der Waals surface area contributed by atoms with Crippen LogP contribution in [0.15, 0.2) is 6.20 Å². The van der Waals surface area contributed by atoms with Gasteiger partial charge in [0, 0.05) is 6.54 Å². The van der Waals surface area contributed by atoms with Gasteiger partial charge in [-0.25, -0.2) is 0 Å². The highest BCUT2D eigenvalue weighted by atomic mass is 15.3. The second-order valence-electron chi connectivity index (χ2n) is 3.88. The van der Waals surface area contributed by atoms with Gasteiger partial charge in [-0.1, -0.05) is 0 Å². The first kappa shape index (κ1) is 5.63. The van der Waals surface area contributed by atoms with Crippen molar-refractivity contribution in [3.63, 3.8) is 0 Å². The van der Waals surface area contributed by atoms with Crippen LogP contribution in [-0.4, -0.2) is 9.78 Å². The Balaban J connectivity index is 2.09. The normalized spacial score (nSPS) is 24.0. The van der Waals surface area contributed by atoms with Crippen molar-refractivity contribution in [3.8, 4) is 0 Å². The van der Waals surface area contributed by atoms with Gasteiger partial charge in [-0.2, -0.15) is 5.10 Å². The van der Waals surface area contributed by atoms with Gasteiger partial charge >= 0.3 is 0 Å². The van der Waals surface area contributed by atoms with E-state index >= 15 is 0 Å². The lowest BCUT2D eigenvalue weighted by Gasteiger charge is -2.00. The van der Waals surface area contributed by atoms with E-state index in [2.05, 4.69) is 9.78 Å². The third-order valence-corrected chi connectivity index (χ3v) is 2.97. The molecule has 2 N–H and O–H groups in total. The minimum atomic E-state index is 0.595. The molecule has 3 nitrogen and oxygen atoms in total. The zero-order valence-corrected chi connectivity index (χ0v) is 6.38. The second-order valence-corrected chi connectivity index (χ2v) is 3.88. The van der Waals surface area contributed by atoms with E-state index in [1.54, 1.807) is 6.20 Å². The molecule has 2 aliphatic rings. The smallest absolute Gasteiger partial charge is 0.0733 e. The number of hydrogen-bond acceptors (Lipinski definition) is 2. The van der Waals surface area contributed by atoms with Crippen molar-refractivity contribution in [3.05, 3.63) is 11.9 Å². The first-order valence-corrected chi connectivity index (χ1v) is 4.09. The lowest BCUT2D eigenvalue weighted by molar-refractivity contribution is 0.471. The summed E-state index contributed by atoms with van der Waals surface area (Å²) in [6.45, 7) is 1.11. The summed E-state index contributed by atoms with van der Waals surface area (Å²) in [4.78, 5) is 0. The number of nitrogen functional groups attached to an aromatic ring is 1. The lowest BCUT2D eigenvalue weighted by atomic mass is 10.0. The Bertz CT molecular complexity index is 309. The van der Waals surface area contributed by atoms with Crippen LogP contribution in [0, 0.1) is 5.41 Å². The lowest BCUT2D eigenvalue weighted by Crippen LogP contribution is -2.02. The Kier molecular flexibility index (Phi) is 0.739. The molecule has 1 aliphatic carbocycles. The minimum Gasteiger partial charge on any atom is -0.396 e. The largest absolute Gasteiger partial charge is 0.396 e. The van der Waals surface area contributed by atoms with Gasteiger partial charge in [-0.05, 0) is 24.7 Å². The SMILES string of the molecule is Nc1cnn2c1CC1(CC1)C2. The Labute approximate surface area is 65.2 Å². The molecule has 1 fully saturated rings. The van der Waals surface area contributed by atoms with Gasteiger partial charge in [0.25, 0.3) is 0 Å². The van der Waals surface area contributed by atoms with Gasteiger partial charge in [0.15, 0.2) is 0 Å². The average molecular weight is 149 g/mol. The van der Waals surface area contributed by atoms with E-state index in [1.807, 2.05) is 0 Å². The van der Waals surface area contributed by atoms with Gasteiger partial charge in [-0.15, -0.1) is 0 Å². The summed E-state index contributed by atoms with van der Waals surface area (Å²) in [5.74, 6) is 0. The van der Waals surface area contributed by atoms with Gasteiger partial charge in [0.2, 0.25) is 0 Å². The van der Waals surface area contributed by atoms with E-state index in [1.165, 1.54) is 25.0 Å². The van der Waals surface area contributed by atoms with Crippen LogP contribution in [0.2, 0.25) is 0 Å². The van der Waals surface area contributed by atoms with E-state index in [0.29, 0.717) is 5.41 Å². The van der Waals surface area contributed by atoms with E-state index in [0.717, 1.165) is 12.2 Å². The van der Waals surface area contributed by atoms with Crippen molar-refractivity contribution < 1.29 is 0 Å². The van der Waals surface area contributed by atoms with E-state index < -0.39 is 0 Å². The average Bonchev–Trinajstić information content (AvgIpc) is 2.48. The van der Waals surface area contributed by atoms with Crippen LogP contribution in [-0.2, 0) is 13.0 Å². The van der Waals surface area contributed by atoms with Crippen molar-refractivity contribution >= 4 is 5.69 Å². The maximum absolute atomic E-state index is 5.76. The molecule has 0 radical (unpaired) electrons. The number of nitrogens with two attached hydrogens (primary N) is 1. The predicted molar refractivity (Wildman–Crippen MR) is 42.0 cm³/mol. The summed E-state index contributed by atoms with van der Waals surface area (Å²) in [6, 6.07) is 0. The highest BCUT2D eigenvalue weighted by Gasteiger charge is 2.48. The van der Waals surface area contributed by atoms with E-state index in [4.69, 9.17) is 5.73 Å². The van der Waals surface area contributed by atoms with Crippen LogP contribution >= 0.6 is 0 Å². The first-order chi connectivity index (χ1) is 5.29. The molecule has 0 amide bonds. The monoisotopic (exact) mass is 149 g/mol. The molecule has 0 saturated heterocycles. The molecular weight excluding hydrogens is 138 g/mol. The van der Waals surface area contributed by atoms with Crippen molar-refractivity contribution in [2.75, 3.05) is 5.73 Å². The van der Waals surface area contributed by atoms with Crippen LogP contribution in [0.1, 0.15) is 18.5 Å². The fourth-order valence-electron chi connectivity index (χ4n) is 2.00. The van der Waals surface area contributed by atoms with Gasteiger partial charge in [0.1, 0.15) is 0 Å². The number of rotatable bonds is 0. The molecule has 1 aromatic heterocycles. The van der Waals surface area contributed by atoms with Crippen LogP contribution in [0.4, 0.5) is 5.69 Å². The molecule has 0 atom stereocenters. The molecule has 2 heterocycles. The summed E-state index contributed by atoms with van der Waals surface area (Å²) in [7, 11) is 0. The third kappa shape index (κ3) is 0.607. The predicted octanol–water partition coefficient (Wildman–Crippen LogP) is 0.802. The molecule has 1 saturated carbocycles. The number of anilines is 1. The van der Waals surface area contributed by atoms with Crippen molar-refractivity contribution in [1.29, 1.82) is 0 Å². The van der Waals surface area contributed by atoms with Crippen LogP contribution in [0.5, 0.6) is 0 Å². The Morgan fingerprint density at radius 2 is 2.36 bits per heavy atom. The van der Waals surface area contributed by atoms with Crippen molar-refractivity contribution in [2.24, 2.45) is 5.41 Å². The molecule has 3 heteroatoms. The molecular formula is C8H11N3. The first-order valence-electron chi connectivity index (χ1n) is 4.09. The number of aromatic nitrogens is 2. The summed E-state index contributed by atoms with van der Waals surface area (Å²) in [5, 5.41) is 4.22. The molecule has 0 unspecified atom stereocenters. The second kappa shape index (κ2) is 1.44. The molecule has 1 aliphatic heterocycles. The van der Waals surface area contributed by atoms with Gasteiger partial charge < -0.3 is 5.73 Å². The topological polar surface area (TPSA) is 43.8 Å². The van der Waals surface area contributed by atoms with Crippen molar-refractivity contribution in [1.82, 2.24) is 9.78 Å². The standard InChI is InChI=1S/C8H11N3/c9-6-4-10-11-5-8(1-2-8)3-7(6)11/h4H,1-3,5,9H2. The van der Waals surface area contributed by atoms with Crippen LogP contribution < -0.4 is 5.73 Å². The van der Waals surface area contributed by atoms with Crippen LogP contribution in [0.3, 0.4) is 0 Å². The Hall–Kier alpha value is -0.990. The quantitative estimate of drug-likeness (QED) is 0.593. The highest BCUT2D eigenvalue weighted by molar-refractivity contribution is 5.43. The maximum atomic E-state index is 5.76. The molecule has 0 aromatic carbocycles. The molecule has 3 rings (SSSR count). The summed E-state index contributed by atoms with van der Waals surface area (Å²) in [5.41, 5.74) is 8.50. The minimum absolute atomic E-state index is 0.595. The third-order valence-electron chi connectivity index (χ3n) is 2.97. The fourth-order valence-corrected chi connectivity index (χ4v) is 2.00. The number of nitrogens with zero attached hydrogens (tertiary/aromatic N) is 2. The highest BCUT2D eigenvalue weighted by Crippen LogP contribution is 2.53. The Morgan fingerprint density at radius 1 is 1.55 bits per heavy atom. The molecule has 1 aromatic rings. The Morgan fingerprint density at radius 3 is 3.00 bits per heavy atom. The van der Waals surface area contributed by atoms with E-state index in [9.17, 15) is 0 Å². The molecule has 0 bridgehead atoms. The molecule has 11 heavy (non-hydrogen) atoms.